The van der Waals surface area contributed by atoms with Crippen molar-refractivity contribution < 1.29 is 14.2 Å². The van der Waals surface area contributed by atoms with Crippen LogP contribution in [0.5, 0.6) is 0 Å². The van der Waals surface area contributed by atoms with Crippen LogP contribution in [0.1, 0.15) is 13.3 Å². The standard InChI is InChI=1S/C14H27N3O3/c1-3-15-14(16-8-13-11-19-6-7-20-13)17(2)9-12-4-5-18-10-12/h12-13H,3-11H2,1-2H3,(H,15,16). The molecule has 0 spiro atoms. The van der Waals surface area contributed by atoms with Gasteiger partial charge in [-0.25, -0.2) is 0 Å². The van der Waals surface area contributed by atoms with Crippen molar-refractivity contribution in [1.82, 2.24) is 10.2 Å². The molecule has 0 bridgehead atoms. The summed E-state index contributed by atoms with van der Waals surface area (Å²) in [5, 5.41) is 3.33. The molecule has 2 heterocycles. The lowest BCUT2D eigenvalue weighted by Crippen LogP contribution is -2.42. The van der Waals surface area contributed by atoms with E-state index in [1.165, 1.54) is 0 Å². The summed E-state index contributed by atoms with van der Waals surface area (Å²) in [5.74, 6) is 1.55. The van der Waals surface area contributed by atoms with E-state index in [1.54, 1.807) is 0 Å². The highest BCUT2D eigenvalue weighted by molar-refractivity contribution is 5.79. The molecule has 0 aromatic carbocycles. The Morgan fingerprint density at radius 3 is 2.75 bits per heavy atom. The fraction of sp³-hybridized carbons (Fsp3) is 0.929. The first-order valence-corrected chi connectivity index (χ1v) is 7.56. The largest absolute Gasteiger partial charge is 0.381 e. The molecule has 0 amide bonds. The van der Waals surface area contributed by atoms with Crippen LogP contribution in [0.3, 0.4) is 0 Å². The van der Waals surface area contributed by atoms with E-state index in [0.717, 1.165) is 38.7 Å². The maximum absolute atomic E-state index is 5.62. The molecule has 2 rings (SSSR count). The Bertz CT molecular complexity index is 300. The number of rotatable bonds is 5. The molecule has 0 aromatic rings. The third kappa shape index (κ3) is 4.92. The van der Waals surface area contributed by atoms with E-state index in [9.17, 15) is 0 Å². The van der Waals surface area contributed by atoms with Gasteiger partial charge in [0.15, 0.2) is 5.96 Å². The van der Waals surface area contributed by atoms with Crippen LogP contribution in [0.4, 0.5) is 0 Å². The molecule has 6 heteroatoms. The van der Waals surface area contributed by atoms with E-state index < -0.39 is 0 Å². The molecular weight excluding hydrogens is 258 g/mol. The Balaban J connectivity index is 1.83. The van der Waals surface area contributed by atoms with Gasteiger partial charge in [-0.05, 0) is 13.3 Å². The van der Waals surface area contributed by atoms with Crippen molar-refractivity contribution in [2.24, 2.45) is 10.9 Å². The molecule has 2 atom stereocenters. The third-order valence-electron chi connectivity index (χ3n) is 3.58. The first-order chi connectivity index (χ1) is 9.79. The molecule has 2 aliphatic rings. The van der Waals surface area contributed by atoms with Crippen LogP contribution < -0.4 is 5.32 Å². The monoisotopic (exact) mass is 285 g/mol. The van der Waals surface area contributed by atoms with Crippen molar-refractivity contribution in [3.05, 3.63) is 0 Å². The number of nitrogens with one attached hydrogen (secondary N) is 1. The molecule has 2 fully saturated rings. The van der Waals surface area contributed by atoms with Gasteiger partial charge < -0.3 is 24.4 Å². The summed E-state index contributed by atoms with van der Waals surface area (Å²) in [4.78, 5) is 6.85. The number of ether oxygens (including phenoxy) is 3. The molecule has 0 aliphatic carbocycles. The lowest BCUT2D eigenvalue weighted by molar-refractivity contribution is -0.0833. The van der Waals surface area contributed by atoms with Crippen molar-refractivity contribution in [1.29, 1.82) is 0 Å². The molecule has 116 valence electrons. The van der Waals surface area contributed by atoms with Crippen LogP contribution >= 0.6 is 0 Å². The summed E-state index contributed by atoms with van der Waals surface area (Å²) in [7, 11) is 2.08. The normalized spacial score (nSPS) is 27.6. The fourth-order valence-corrected chi connectivity index (χ4v) is 2.50. The maximum atomic E-state index is 5.62. The van der Waals surface area contributed by atoms with E-state index in [2.05, 4.69) is 29.2 Å². The molecule has 6 nitrogen and oxygen atoms in total. The highest BCUT2D eigenvalue weighted by Gasteiger charge is 2.20. The van der Waals surface area contributed by atoms with E-state index in [4.69, 9.17) is 14.2 Å². The number of hydrogen-bond donors (Lipinski definition) is 1. The van der Waals surface area contributed by atoms with Crippen molar-refractivity contribution in [3.63, 3.8) is 0 Å². The molecule has 2 aliphatic heterocycles. The van der Waals surface area contributed by atoms with Crippen LogP contribution in [0.2, 0.25) is 0 Å². The number of aliphatic imine (C=N–C) groups is 1. The van der Waals surface area contributed by atoms with E-state index in [1.807, 2.05) is 0 Å². The Hall–Kier alpha value is -0.850. The van der Waals surface area contributed by atoms with Gasteiger partial charge >= 0.3 is 0 Å². The van der Waals surface area contributed by atoms with E-state index in [-0.39, 0.29) is 6.10 Å². The molecule has 0 saturated carbocycles. The summed E-state index contributed by atoms with van der Waals surface area (Å²) in [6, 6.07) is 0. The number of guanidine groups is 1. The van der Waals surface area contributed by atoms with Gasteiger partial charge in [-0.3, -0.25) is 4.99 Å². The van der Waals surface area contributed by atoms with Crippen LogP contribution in [0.15, 0.2) is 4.99 Å². The zero-order chi connectivity index (χ0) is 14.2. The number of nitrogens with zero attached hydrogens (tertiary/aromatic N) is 2. The van der Waals surface area contributed by atoms with Crippen LogP contribution in [-0.4, -0.2) is 76.7 Å². The first kappa shape index (κ1) is 15.5. The van der Waals surface area contributed by atoms with Crippen molar-refractivity contribution in [2.45, 2.75) is 19.4 Å². The predicted octanol–water partition coefficient (Wildman–Crippen LogP) is 0.336. The average molecular weight is 285 g/mol. The van der Waals surface area contributed by atoms with Gasteiger partial charge in [-0.15, -0.1) is 0 Å². The Labute approximate surface area is 121 Å². The Morgan fingerprint density at radius 1 is 1.25 bits per heavy atom. The summed E-state index contributed by atoms with van der Waals surface area (Å²) in [6.07, 6.45) is 1.23. The first-order valence-electron chi connectivity index (χ1n) is 7.56. The Kier molecular flexibility index (Phi) is 6.56. The molecular formula is C14H27N3O3. The lowest BCUT2D eigenvalue weighted by atomic mass is 10.1. The number of hydrogen-bond acceptors (Lipinski definition) is 4. The summed E-state index contributed by atoms with van der Waals surface area (Å²) in [6.45, 7) is 8.34. The fourth-order valence-electron chi connectivity index (χ4n) is 2.50. The smallest absolute Gasteiger partial charge is 0.193 e. The molecule has 20 heavy (non-hydrogen) atoms. The summed E-state index contributed by atoms with van der Waals surface area (Å²) < 4.78 is 16.4. The highest BCUT2D eigenvalue weighted by Crippen LogP contribution is 2.13. The van der Waals surface area contributed by atoms with Gasteiger partial charge in [0.1, 0.15) is 6.10 Å². The average Bonchev–Trinajstić information content (AvgIpc) is 2.97. The molecule has 2 unspecified atom stereocenters. The molecule has 1 N–H and O–H groups in total. The zero-order valence-electron chi connectivity index (χ0n) is 12.6. The zero-order valence-corrected chi connectivity index (χ0v) is 12.6. The molecule has 2 saturated heterocycles. The van der Waals surface area contributed by atoms with Crippen LogP contribution in [0, 0.1) is 5.92 Å². The van der Waals surface area contributed by atoms with Crippen molar-refractivity contribution in [2.75, 3.05) is 59.7 Å². The van der Waals surface area contributed by atoms with Gasteiger partial charge in [-0.1, -0.05) is 0 Å². The molecule has 0 aromatic heterocycles. The minimum atomic E-state index is 0.0839. The Morgan fingerprint density at radius 2 is 2.10 bits per heavy atom. The van der Waals surface area contributed by atoms with E-state index in [0.29, 0.717) is 32.3 Å². The predicted molar refractivity (Wildman–Crippen MR) is 78.1 cm³/mol. The maximum Gasteiger partial charge on any atom is 0.193 e. The van der Waals surface area contributed by atoms with Gasteiger partial charge in [0.2, 0.25) is 0 Å². The SMILES string of the molecule is CCNC(=NCC1COCCO1)N(C)CC1CCOC1. The van der Waals surface area contributed by atoms with Gasteiger partial charge in [0.25, 0.3) is 0 Å². The topological polar surface area (TPSA) is 55.3 Å². The van der Waals surface area contributed by atoms with Crippen LogP contribution in [0.25, 0.3) is 0 Å². The lowest BCUT2D eigenvalue weighted by Gasteiger charge is -2.26. The van der Waals surface area contributed by atoms with Crippen LogP contribution in [-0.2, 0) is 14.2 Å². The highest BCUT2D eigenvalue weighted by atomic mass is 16.6. The second kappa shape index (κ2) is 8.44. The second-order valence-corrected chi connectivity index (χ2v) is 5.37. The van der Waals surface area contributed by atoms with Gasteiger partial charge in [0, 0.05) is 32.7 Å². The summed E-state index contributed by atoms with van der Waals surface area (Å²) >= 11 is 0. The van der Waals surface area contributed by atoms with Gasteiger partial charge in [-0.2, -0.15) is 0 Å². The second-order valence-electron chi connectivity index (χ2n) is 5.37. The minimum absolute atomic E-state index is 0.0839. The quantitative estimate of drug-likeness (QED) is 0.583. The third-order valence-corrected chi connectivity index (χ3v) is 3.58. The van der Waals surface area contributed by atoms with E-state index >= 15 is 0 Å². The van der Waals surface area contributed by atoms with Crippen molar-refractivity contribution in [3.8, 4) is 0 Å². The van der Waals surface area contributed by atoms with Crippen molar-refractivity contribution >= 4 is 5.96 Å². The molecule has 0 radical (unpaired) electrons. The van der Waals surface area contributed by atoms with Gasteiger partial charge in [0.05, 0.1) is 33.0 Å². The summed E-state index contributed by atoms with van der Waals surface area (Å²) in [5.41, 5.74) is 0. The minimum Gasteiger partial charge on any atom is -0.381 e.